The Morgan fingerprint density at radius 2 is 1.74 bits per heavy atom. The summed E-state index contributed by atoms with van der Waals surface area (Å²) in [5.41, 5.74) is 2.60. The number of hydrogen-bond donors (Lipinski definition) is 1. The van der Waals surface area contributed by atoms with Gasteiger partial charge in [0.25, 0.3) is 0 Å². The van der Waals surface area contributed by atoms with Gasteiger partial charge in [-0.05, 0) is 24.5 Å². The van der Waals surface area contributed by atoms with Crippen LogP contribution in [-0.2, 0) is 4.74 Å². The van der Waals surface area contributed by atoms with E-state index in [0.717, 1.165) is 45.2 Å². The lowest BCUT2D eigenvalue weighted by molar-refractivity contribution is 0.181. The first kappa shape index (κ1) is 19.4. The topological polar surface area (TPSA) is 36.9 Å². The minimum Gasteiger partial charge on any atom is -0.381 e. The Morgan fingerprint density at radius 1 is 1.11 bits per heavy atom. The van der Waals surface area contributed by atoms with Gasteiger partial charge in [-0.2, -0.15) is 0 Å². The second-order valence-electron chi connectivity index (χ2n) is 7.18. The van der Waals surface area contributed by atoms with Crippen LogP contribution in [0.1, 0.15) is 30.4 Å². The zero-order valence-corrected chi connectivity index (χ0v) is 16.5. The molecule has 0 aliphatic carbocycles. The summed E-state index contributed by atoms with van der Waals surface area (Å²) in [5.74, 6) is 1.82. The van der Waals surface area contributed by atoms with E-state index in [4.69, 9.17) is 9.73 Å². The average molecular weight is 366 g/mol. The van der Waals surface area contributed by atoms with Gasteiger partial charge in [-0.1, -0.05) is 60.7 Å². The smallest absolute Gasteiger partial charge is 0.193 e. The molecule has 1 saturated heterocycles. The first-order valence-corrected chi connectivity index (χ1v) is 9.95. The maximum atomic E-state index is 5.52. The zero-order valence-electron chi connectivity index (χ0n) is 16.5. The maximum absolute atomic E-state index is 5.52. The molecule has 2 aromatic rings. The monoisotopic (exact) mass is 365 g/mol. The summed E-state index contributed by atoms with van der Waals surface area (Å²) in [6.07, 6.45) is 1.14. The highest BCUT2D eigenvalue weighted by Crippen LogP contribution is 2.25. The van der Waals surface area contributed by atoms with E-state index in [0.29, 0.717) is 5.92 Å². The molecule has 1 atom stereocenters. The van der Waals surface area contributed by atoms with E-state index in [2.05, 4.69) is 84.9 Å². The summed E-state index contributed by atoms with van der Waals surface area (Å²) in [6.45, 7) is 6.44. The van der Waals surface area contributed by atoms with E-state index < -0.39 is 0 Å². The summed E-state index contributed by atoms with van der Waals surface area (Å²) in [4.78, 5) is 7.25. The number of hydrogen-bond acceptors (Lipinski definition) is 2. The molecule has 1 fully saturated rings. The van der Waals surface area contributed by atoms with Crippen molar-refractivity contribution < 1.29 is 4.74 Å². The van der Waals surface area contributed by atoms with Crippen molar-refractivity contribution in [3.05, 3.63) is 71.8 Å². The largest absolute Gasteiger partial charge is 0.381 e. The summed E-state index contributed by atoms with van der Waals surface area (Å²) in [6, 6.07) is 21.3. The molecule has 27 heavy (non-hydrogen) atoms. The Morgan fingerprint density at radius 3 is 2.26 bits per heavy atom. The van der Waals surface area contributed by atoms with Gasteiger partial charge < -0.3 is 15.0 Å². The maximum Gasteiger partial charge on any atom is 0.193 e. The highest BCUT2D eigenvalue weighted by molar-refractivity contribution is 5.79. The molecule has 2 aromatic carbocycles. The molecular weight excluding hydrogens is 334 g/mol. The Labute approximate surface area is 163 Å². The number of guanidine groups is 1. The fraction of sp³-hybridized carbons (Fsp3) is 0.435. The van der Waals surface area contributed by atoms with Crippen molar-refractivity contribution in [2.24, 2.45) is 10.9 Å². The molecule has 1 N–H and O–H groups in total. The molecule has 0 radical (unpaired) electrons. The Balaban J connectivity index is 1.77. The van der Waals surface area contributed by atoms with Gasteiger partial charge in [-0.15, -0.1) is 0 Å². The first-order valence-electron chi connectivity index (χ1n) is 9.95. The lowest BCUT2D eigenvalue weighted by atomic mass is 9.91. The summed E-state index contributed by atoms with van der Waals surface area (Å²) >= 11 is 0. The molecule has 0 saturated carbocycles. The Bertz CT molecular complexity index is 657. The molecule has 1 aliphatic heterocycles. The normalized spacial score (nSPS) is 17.3. The fourth-order valence-electron chi connectivity index (χ4n) is 3.62. The minimum atomic E-state index is 0.254. The average Bonchev–Trinajstić information content (AvgIpc) is 3.22. The standard InChI is InChI=1S/C23H31N3O/c1-3-24-23(26(2)17-19-14-15-27-18-19)25-16-22(20-10-6-4-7-11-20)21-12-8-5-9-13-21/h4-13,19,22H,3,14-18H2,1-2H3,(H,24,25). The predicted octanol–water partition coefficient (Wildman–Crippen LogP) is 3.75. The number of nitrogens with zero attached hydrogens (tertiary/aromatic N) is 2. The molecule has 144 valence electrons. The number of ether oxygens (including phenoxy) is 1. The van der Waals surface area contributed by atoms with E-state index >= 15 is 0 Å². The Hall–Kier alpha value is -2.33. The third kappa shape index (κ3) is 5.57. The van der Waals surface area contributed by atoms with Crippen molar-refractivity contribution in [1.29, 1.82) is 0 Å². The van der Waals surface area contributed by atoms with Crippen molar-refractivity contribution in [2.45, 2.75) is 19.3 Å². The summed E-state index contributed by atoms with van der Waals surface area (Å²) < 4.78 is 5.52. The van der Waals surface area contributed by atoms with E-state index in [1.165, 1.54) is 11.1 Å². The van der Waals surface area contributed by atoms with E-state index in [1.54, 1.807) is 0 Å². The number of aliphatic imine (C=N–C) groups is 1. The van der Waals surface area contributed by atoms with Gasteiger partial charge in [0.1, 0.15) is 0 Å². The SMILES string of the molecule is CCNC(=NCC(c1ccccc1)c1ccccc1)N(C)CC1CCOC1. The molecule has 0 spiro atoms. The van der Waals surface area contributed by atoms with Crippen molar-refractivity contribution >= 4 is 5.96 Å². The van der Waals surface area contributed by atoms with Crippen LogP contribution in [0.25, 0.3) is 0 Å². The minimum absolute atomic E-state index is 0.254. The predicted molar refractivity (Wildman–Crippen MR) is 112 cm³/mol. The molecule has 1 aliphatic rings. The third-order valence-corrected chi connectivity index (χ3v) is 5.08. The van der Waals surface area contributed by atoms with Crippen molar-refractivity contribution in [1.82, 2.24) is 10.2 Å². The molecule has 4 heteroatoms. The third-order valence-electron chi connectivity index (χ3n) is 5.08. The van der Waals surface area contributed by atoms with Crippen LogP contribution in [0.3, 0.4) is 0 Å². The van der Waals surface area contributed by atoms with Gasteiger partial charge in [-0.3, -0.25) is 4.99 Å². The number of rotatable bonds is 7. The summed E-state index contributed by atoms with van der Waals surface area (Å²) in [7, 11) is 2.12. The lowest BCUT2D eigenvalue weighted by Gasteiger charge is -2.25. The van der Waals surface area contributed by atoms with Gasteiger partial charge in [0.05, 0.1) is 13.2 Å². The van der Waals surface area contributed by atoms with E-state index in [1.807, 2.05) is 0 Å². The molecule has 1 unspecified atom stereocenters. The van der Waals surface area contributed by atoms with Crippen LogP contribution in [0.15, 0.2) is 65.7 Å². The van der Waals surface area contributed by atoms with Crippen LogP contribution in [0.5, 0.6) is 0 Å². The molecule has 0 bridgehead atoms. The van der Waals surface area contributed by atoms with Gasteiger partial charge in [0.2, 0.25) is 0 Å². The van der Waals surface area contributed by atoms with E-state index in [-0.39, 0.29) is 5.92 Å². The molecular formula is C23H31N3O. The van der Waals surface area contributed by atoms with Crippen LogP contribution < -0.4 is 5.32 Å². The van der Waals surface area contributed by atoms with Crippen molar-refractivity contribution in [2.75, 3.05) is 39.9 Å². The highest BCUT2D eigenvalue weighted by Gasteiger charge is 2.20. The van der Waals surface area contributed by atoms with Gasteiger partial charge >= 0.3 is 0 Å². The van der Waals surface area contributed by atoms with Crippen LogP contribution in [-0.4, -0.2) is 50.8 Å². The van der Waals surface area contributed by atoms with Gasteiger partial charge in [0, 0.05) is 38.6 Å². The lowest BCUT2D eigenvalue weighted by Crippen LogP contribution is -2.41. The molecule has 0 aromatic heterocycles. The Kier molecular flexibility index (Phi) is 7.28. The van der Waals surface area contributed by atoms with Gasteiger partial charge in [0.15, 0.2) is 5.96 Å². The van der Waals surface area contributed by atoms with E-state index in [9.17, 15) is 0 Å². The molecule has 1 heterocycles. The highest BCUT2D eigenvalue weighted by atomic mass is 16.5. The van der Waals surface area contributed by atoms with Crippen LogP contribution in [0, 0.1) is 5.92 Å². The molecule has 0 amide bonds. The second-order valence-corrected chi connectivity index (χ2v) is 7.18. The quantitative estimate of drug-likeness (QED) is 0.600. The molecule has 4 nitrogen and oxygen atoms in total. The van der Waals surface area contributed by atoms with Crippen molar-refractivity contribution in [3.8, 4) is 0 Å². The van der Waals surface area contributed by atoms with Crippen LogP contribution >= 0.6 is 0 Å². The second kappa shape index (κ2) is 10.1. The number of benzene rings is 2. The van der Waals surface area contributed by atoms with Crippen molar-refractivity contribution in [3.63, 3.8) is 0 Å². The zero-order chi connectivity index (χ0) is 18.9. The molecule has 3 rings (SSSR count). The first-order chi connectivity index (χ1) is 13.3. The fourth-order valence-corrected chi connectivity index (χ4v) is 3.62. The van der Waals surface area contributed by atoms with Gasteiger partial charge in [-0.25, -0.2) is 0 Å². The van der Waals surface area contributed by atoms with Crippen LogP contribution in [0.4, 0.5) is 0 Å². The summed E-state index contributed by atoms with van der Waals surface area (Å²) in [5, 5.41) is 3.45. The number of nitrogens with one attached hydrogen (secondary N) is 1. The van der Waals surface area contributed by atoms with Crippen LogP contribution in [0.2, 0.25) is 0 Å².